The fourth-order valence-corrected chi connectivity index (χ4v) is 4.93. The topological polar surface area (TPSA) is 95.5 Å². The second-order valence-corrected chi connectivity index (χ2v) is 9.96. The summed E-state index contributed by atoms with van der Waals surface area (Å²) in [7, 11) is 3.02. The highest BCUT2D eigenvalue weighted by molar-refractivity contribution is 6.04. The number of carbonyl (C=O) groups excluding carboxylic acids is 2. The number of anilines is 1. The Bertz CT molecular complexity index is 1700. The van der Waals surface area contributed by atoms with Crippen LogP contribution in [-0.4, -0.2) is 38.9 Å². The van der Waals surface area contributed by atoms with Gasteiger partial charge in [0.2, 0.25) is 0 Å². The van der Waals surface area contributed by atoms with Crippen molar-refractivity contribution in [2.75, 3.05) is 26.1 Å². The maximum absolute atomic E-state index is 13.8. The van der Waals surface area contributed by atoms with Crippen molar-refractivity contribution in [3.05, 3.63) is 131 Å². The van der Waals surface area contributed by atoms with Crippen LogP contribution in [0, 0.1) is 11.6 Å². The molecule has 1 heterocycles. The number of aliphatic imine (C=N–C) groups is 1. The highest BCUT2D eigenvalue weighted by Crippen LogP contribution is 2.38. The molecule has 1 atom stereocenters. The number of halogens is 2. The molecule has 1 unspecified atom stereocenters. The van der Waals surface area contributed by atoms with E-state index in [1.165, 1.54) is 56.8 Å². The normalized spacial score (nSPS) is 15.2. The SMILES string of the molecule is CCOC(=O)c1cc(NC(=O)C2(c3ccc(OC)c(OC)c3)C=CC=N2)ccc1OC(c1ccc(F)cc1)c1ccc(F)cc1. The Morgan fingerprint density at radius 3 is 2.00 bits per heavy atom. The molecule has 0 bridgehead atoms. The zero-order valence-electron chi connectivity index (χ0n) is 24.8. The molecule has 10 heteroatoms. The first-order chi connectivity index (χ1) is 21.8. The third kappa shape index (κ3) is 6.54. The van der Waals surface area contributed by atoms with Crippen molar-refractivity contribution in [2.45, 2.75) is 18.6 Å². The standard InChI is InChI=1S/C35H30F2N2O6/c1-4-44-33(40)28-21-27(39-34(41)35(18-5-19-38-35)24-10-16-30(42-2)31(20-24)43-3)15-17-29(28)45-32(22-6-11-25(36)12-7-22)23-8-13-26(37)14-9-23/h5-21,32H,4H2,1-3H3,(H,39,41). The smallest absolute Gasteiger partial charge is 0.341 e. The van der Waals surface area contributed by atoms with Crippen LogP contribution in [-0.2, 0) is 15.1 Å². The van der Waals surface area contributed by atoms with Gasteiger partial charge in [-0.25, -0.2) is 13.6 Å². The van der Waals surface area contributed by atoms with Crippen LogP contribution in [0.4, 0.5) is 14.5 Å². The summed E-state index contributed by atoms with van der Waals surface area (Å²) >= 11 is 0. The van der Waals surface area contributed by atoms with E-state index in [4.69, 9.17) is 18.9 Å². The minimum atomic E-state index is -1.41. The van der Waals surface area contributed by atoms with Gasteiger partial charge in [-0.1, -0.05) is 30.3 Å². The maximum atomic E-state index is 13.8. The third-order valence-electron chi connectivity index (χ3n) is 7.19. The van der Waals surface area contributed by atoms with E-state index in [1.54, 1.807) is 67.6 Å². The number of allylic oxidation sites excluding steroid dienone is 1. The van der Waals surface area contributed by atoms with Gasteiger partial charge in [0.15, 0.2) is 17.0 Å². The van der Waals surface area contributed by atoms with Crippen LogP contribution in [0.5, 0.6) is 17.2 Å². The van der Waals surface area contributed by atoms with E-state index >= 15 is 0 Å². The lowest BCUT2D eigenvalue weighted by molar-refractivity contribution is -0.119. The summed E-state index contributed by atoms with van der Waals surface area (Å²) in [6.45, 7) is 1.76. The molecule has 1 N–H and O–H groups in total. The van der Waals surface area contributed by atoms with Crippen LogP contribution in [0.3, 0.4) is 0 Å². The van der Waals surface area contributed by atoms with Gasteiger partial charge < -0.3 is 24.3 Å². The van der Waals surface area contributed by atoms with Crippen molar-refractivity contribution in [3.63, 3.8) is 0 Å². The van der Waals surface area contributed by atoms with E-state index in [2.05, 4.69) is 10.3 Å². The average Bonchev–Trinajstić information content (AvgIpc) is 3.56. The molecule has 1 aliphatic rings. The Balaban J connectivity index is 1.50. The van der Waals surface area contributed by atoms with Gasteiger partial charge in [-0.2, -0.15) is 0 Å². The van der Waals surface area contributed by atoms with Gasteiger partial charge in [-0.05, 0) is 90.4 Å². The number of esters is 1. The summed E-state index contributed by atoms with van der Waals surface area (Å²) < 4.78 is 49.9. The minimum absolute atomic E-state index is 0.0366. The maximum Gasteiger partial charge on any atom is 0.341 e. The number of rotatable bonds is 11. The summed E-state index contributed by atoms with van der Waals surface area (Å²) in [5.41, 5.74) is 0.584. The van der Waals surface area contributed by atoms with Gasteiger partial charge in [0.25, 0.3) is 5.91 Å². The summed E-state index contributed by atoms with van der Waals surface area (Å²) in [4.78, 5) is 31.4. The van der Waals surface area contributed by atoms with E-state index in [0.29, 0.717) is 28.2 Å². The molecule has 230 valence electrons. The summed E-state index contributed by atoms with van der Waals surface area (Å²) in [6, 6.07) is 21.0. The number of hydrogen-bond acceptors (Lipinski definition) is 7. The lowest BCUT2D eigenvalue weighted by Gasteiger charge is -2.25. The van der Waals surface area contributed by atoms with E-state index in [9.17, 15) is 18.4 Å². The molecule has 0 aromatic heterocycles. The summed E-state index contributed by atoms with van der Waals surface area (Å²) in [6.07, 6.45) is 4.03. The summed E-state index contributed by atoms with van der Waals surface area (Å²) in [5, 5.41) is 2.86. The molecular formula is C35H30F2N2O6. The van der Waals surface area contributed by atoms with Gasteiger partial charge in [0.05, 0.1) is 20.8 Å². The van der Waals surface area contributed by atoms with Crippen LogP contribution in [0.2, 0.25) is 0 Å². The number of benzene rings is 4. The number of ether oxygens (including phenoxy) is 4. The van der Waals surface area contributed by atoms with Crippen LogP contribution in [0.1, 0.15) is 40.1 Å². The zero-order valence-corrected chi connectivity index (χ0v) is 24.8. The van der Waals surface area contributed by atoms with E-state index in [-0.39, 0.29) is 23.6 Å². The van der Waals surface area contributed by atoms with E-state index in [1.807, 2.05) is 0 Å². The molecule has 8 nitrogen and oxygen atoms in total. The van der Waals surface area contributed by atoms with Crippen LogP contribution < -0.4 is 19.5 Å². The molecule has 5 rings (SSSR count). The fraction of sp³-hybridized carbons (Fsp3) is 0.171. The van der Waals surface area contributed by atoms with Gasteiger partial charge in [0.1, 0.15) is 29.1 Å². The predicted molar refractivity (Wildman–Crippen MR) is 165 cm³/mol. The van der Waals surface area contributed by atoms with Gasteiger partial charge in [0, 0.05) is 11.9 Å². The molecule has 1 aliphatic heterocycles. The van der Waals surface area contributed by atoms with Crippen molar-refractivity contribution in [1.82, 2.24) is 0 Å². The van der Waals surface area contributed by atoms with Crippen LogP contribution in [0.25, 0.3) is 0 Å². The van der Waals surface area contributed by atoms with Gasteiger partial charge in [-0.15, -0.1) is 0 Å². The Hall–Kier alpha value is -5.51. The van der Waals surface area contributed by atoms with Gasteiger partial charge >= 0.3 is 5.97 Å². The number of methoxy groups -OCH3 is 2. The molecular weight excluding hydrogens is 582 g/mol. The monoisotopic (exact) mass is 612 g/mol. The van der Waals surface area contributed by atoms with Crippen LogP contribution >= 0.6 is 0 Å². The molecule has 4 aromatic carbocycles. The number of carbonyl (C=O) groups is 2. The molecule has 1 amide bonds. The van der Waals surface area contributed by atoms with E-state index < -0.39 is 35.2 Å². The first-order valence-corrected chi connectivity index (χ1v) is 14.0. The Kier molecular flexibility index (Phi) is 9.22. The Labute approximate surface area is 258 Å². The first kappa shape index (κ1) is 30.9. The lowest BCUT2D eigenvalue weighted by Crippen LogP contribution is -2.36. The molecule has 0 saturated carbocycles. The molecule has 4 aromatic rings. The predicted octanol–water partition coefficient (Wildman–Crippen LogP) is 6.80. The number of amides is 1. The van der Waals surface area contributed by atoms with E-state index in [0.717, 1.165) is 0 Å². The highest BCUT2D eigenvalue weighted by atomic mass is 19.1. The Morgan fingerprint density at radius 2 is 1.44 bits per heavy atom. The van der Waals surface area contributed by atoms with Crippen molar-refractivity contribution >= 4 is 23.8 Å². The van der Waals surface area contributed by atoms with Crippen molar-refractivity contribution in [3.8, 4) is 17.2 Å². The third-order valence-corrected chi connectivity index (χ3v) is 7.19. The number of nitrogens with one attached hydrogen (secondary N) is 1. The first-order valence-electron chi connectivity index (χ1n) is 14.0. The minimum Gasteiger partial charge on any atom is -0.493 e. The summed E-state index contributed by atoms with van der Waals surface area (Å²) in [5.74, 6) is -0.976. The lowest BCUT2D eigenvalue weighted by atomic mass is 9.89. The second kappa shape index (κ2) is 13.4. The molecule has 0 radical (unpaired) electrons. The van der Waals surface area contributed by atoms with Crippen molar-refractivity contribution < 1.29 is 37.3 Å². The molecule has 45 heavy (non-hydrogen) atoms. The van der Waals surface area contributed by atoms with Gasteiger partial charge in [-0.3, -0.25) is 9.79 Å². The molecule has 0 fully saturated rings. The highest BCUT2D eigenvalue weighted by Gasteiger charge is 2.39. The second-order valence-electron chi connectivity index (χ2n) is 9.96. The zero-order chi connectivity index (χ0) is 32.0. The molecule has 0 spiro atoms. The quantitative estimate of drug-likeness (QED) is 0.187. The number of nitrogens with zero attached hydrogens (tertiary/aromatic N) is 1. The average molecular weight is 613 g/mol. The largest absolute Gasteiger partial charge is 0.493 e. The fourth-order valence-electron chi connectivity index (χ4n) is 4.93. The molecule has 0 saturated heterocycles. The van der Waals surface area contributed by atoms with Crippen molar-refractivity contribution in [1.29, 1.82) is 0 Å². The number of hydrogen-bond donors (Lipinski definition) is 1. The molecule has 0 aliphatic carbocycles. The van der Waals surface area contributed by atoms with Crippen LogP contribution in [0.15, 0.2) is 102 Å². The Morgan fingerprint density at radius 1 is 0.822 bits per heavy atom. The van der Waals surface area contributed by atoms with Crippen molar-refractivity contribution in [2.24, 2.45) is 4.99 Å².